The van der Waals surface area contributed by atoms with Gasteiger partial charge in [0.1, 0.15) is 18.0 Å². The first-order valence-corrected chi connectivity index (χ1v) is 8.92. The second kappa shape index (κ2) is 6.36. The Morgan fingerprint density at radius 1 is 1.08 bits per heavy atom. The van der Waals surface area contributed by atoms with Gasteiger partial charge in [-0.15, -0.1) is 0 Å². The SMILES string of the molecule is CC(C)(C)OC(=O)C1(S(=O)(=O)Nc2c(F)c(F)c(CF)c(F)c2F)CC1. The van der Waals surface area contributed by atoms with E-state index in [1.165, 1.54) is 25.5 Å². The molecule has 1 N–H and O–H groups in total. The summed E-state index contributed by atoms with van der Waals surface area (Å²) in [5.74, 6) is -9.50. The third-order valence-electron chi connectivity index (χ3n) is 3.71. The quantitative estimate of drug-likeness (QED) is 0.467. The number of carbonyl (C=O) groups excluding carboxylic acids is 1. The number of halogens is 5. The molecule has 0 amide bonds. The maximum absolute atomic E-state index is 13.9. The zero-order valence-corrected chi connectivity index (χ0v) is 14.9. The zero-order chi connectivity index (χ0) is 20.1. The molecule has 0 bridgehead atoms. The van der Waals surface area contributed by atoms with Crippen molar-refractivity contribution in [3.05, 3.63) is 28.8 Å². The summed E-state index contributed by atoms with van der Waals surface area (Å²) < 4.78 is 96.7. The largest absolute Gasteiger partial charge is 0.459 e. The Kier molecular flexibility index (Phi) is 4.99. The Morgan fingerprint density at radius 3 is 1.88 bits per heavy atom. The number of anilines is 1. The molecule has 1 aromatic carbocycles. The Labute approximate surface area is 146 Å². The summed E-state index contributed by atoms with van der Waals surface area (Å²) in [6.07, 6.45) is -0.401. The van der Waals surface area contributed by atoms with Gasteiger partial charge in [-0.2, -0.15) is 0 Å². The van der Waals surface area contributed by atoms with Crippen molar-refractivity contribution in [1.82, 2.24) is 0 Å². The monoisotopic (exact) mass is 401 g/mol. The molecule has 146 valence electrons. The van der Waals surface area contributed by atoms with E-state index in [0.717, 1.165) is 0 Å². The predicted molar refractivity (Wildman–Crippen MR) is 81.4 cm³/mol. The van der Waals surface area contributed by atoms with E-state index in [1.807, 2.05) is 0 Å². The van der Waals surface area contributed by atoms with E-state index in [4.69, 9.17) is 4.74 Å². The second-order valence-electron chi connectivity index (χ2n) is 6.84. The summed E-state index contributed by atoms with van der Waals surface area (Å²) in [5.41, 5.74) is -4.19. The molecule has 0 saturated heterocycles. The lowest BCUT2D eigenvalue weighted by atomic mass is 10.1. The van der Waals surface area contributed by atoms with Crippen molar-refractivity contribution in [2.45, 2.75) is 50.6 Å². The number of benzene rings is 1. The second-order valence-corrected chi connectivity index (χ2v) is 8.84. The van der Waals surface area contributed by atoms with Crippen LogP contribution in [0.4, 0.5) is 27.6 Å². The van der Waals surface area contributed by atoms with Crippen LogP contribution < -0.4 is 4.72 Å². The molecule has 0 spiro atoms. The summed E-state index contributed by atoms with van der Waals surface area (Å²) >= 11 is 0. The molecule has 5 nitrogen and oxygen atoms in total. The highest BCUT2D eigenvalue weighted by atomic mass is 32.2. The van der Waals surface area contributed by atoms with E-state index in [2.05, 4.69) is 0 Å². The van der Waals surface area contributed by atoms with E-state index < -0.39 is 67.5 Å². The Bertz CT molecular complexity index is 831. The van der Waals surface area contributed by atoms with Crippen LogP contribution in [-0.2, 0) is 26.2 Å². The van der Waals surface area contributed by atoms with Gasteiger partial charge in [-0.05, 0) is 33.6 Å². The van der Waals surface area contributed by atoms with Crippen LogP contribution in [0.15, 0.2) is 0 Å². The molecular formula is C15H16F5NO4S. The molecule has 0 aliphatic heterocycles. The minimum Gasteiger partial charge on any atom is -0.459 e. The first-order valence-electron chi connectivity index (χ1n) is 7.44. The number of ether oxygens (including phenoxy) is 1. The van der Waals surface area contributed by atoms with Crippen molar-refractivity contribution in [2.75, 3.05) is 4.72 Å². The lowest BCUT2D eigenvalue weighted by molar-refractivity contribution is -0.155. The number of hydrogen-bond donors (Lipinski definition) is 1. The molecule has 1 aliphatic rings. The molecule has 0 aromatic heterocycles. The molecule has 1 fully saturated rings. The fraction of sp³-hybridized carbons (Fsp3) is 0.533. The van der Waals surface area contributed by atoms with Gasteiger partial charge in [0.25, 0.3) is 0 Å². The van der Waals surface area contributed by atoms with Crippen LogP contribution in [0.25, 0.3) is 0 Å². The highest BCUT2D eigenvalue weighted by molar-refractivity contribution is 7.95. The summed E-state index contributed by atoms with van der Waals surface area (Å²) in [6.45, 7) is 2.63. The predicted octanol–water partition coefficient (Wildman–Crippen LogP) is 3.33. The van der Waals surface area contributed by atoms with Gasteiger partial charge >= 0.3 is 5.97 Å². The molecule has 0 radical (unpaired) electrons. The van der Waals surface area contributed by atoms with Crippen LogP contribution in [0.2, 0.25) is 0 Å². The van der Waals surface area contributed by atoms with E-state index in [9.17, 15) is 35.2 Å². The third-order valence-corrected chi connectivity index (χ3v) is 5.79. The molecule has 0 unspecified atom stereocenters. The van der Waals surface area contributed by atoms with Crippen LogP contribution >= 0.6 is 0 Å². The fourth-order valence-corrected chi connectivity index (χ4v) is 3.73. The fourth-order valence-electron chi connectivity index (χ4n) is 2.18. The first kappa shape index (κ1) is 20.4. The van der Waals surface area contributed by atoms with Gasteiger partial charge in [0.2, 0.25) is 10.0 Å². The van der Waals surface area contributed by atoms with Crippen LogP contribution in [0.3, 0.4) is 0 Å². The van der Waals surface area contributed by atoms with Gasteiger partial charge in [0.05, 0.1) is 5.56 Å². The number of hydrogen-bond acceptors (Lipinski definition) is 4. The van der Waals surface area contributed by atoms with E-state index in [-0.39, 0.29) is 12.8 Å². The Hall–Kier alpha value is -1.91. The van der Waals surface area contributed by atoms with Crippen molar-refractivity contribution in [1.29, 1.82) is 0 Å². The number of alkyl halides is 1. The van der Waals surface area contributed by atoms with Gasteiger partial charge in [-0.25, -0.2) is 30.4 Å². The molecule has 0 atom stereocenters. The lowest BCUT2D eigenvalue weighted by Gasteiger charge is -2.24. The standard InChI is InChI=1S/C15H16F5NO4S/c1-14(2,3)25-13(22)15(4-5-15)26(23,24)21-12-10(19)8(17)7(6-16)9(18)11(12)20/h21H,4-6H2,1-3H3. The van der Waals surface area contributed by atoms with Crippen molar-refractivity contribution in [2.24, 2.45) is 0 Å². The smallest absolute Gasteiger partial charge is 0.329 e. The van der Waals surface area contributed by atoms with Gasteiger partial charge in [-0.1, -0.05) is 0 Å². The van der Waals surface area contributed by atoms with Crippen LogP contribution in [0.1, 0.15) is 39.2 Å². The number of sulfonamides is 1. The third kappa shape index (κ3) is 3.36. The van der Waals surface area contributed by atoms with Crippen LogP contribution in [-0.4, -0.2) is 24.7 Å². The highest BCUT2D eigenvalue weighted by Gasteiger charge is 2.63. The highest BCUT2D eigenvalue weighted by Crippen LogP contribution is 2.46. The average Bonchev–Trinajstić information content (AvgIpc) is 3.31. The maximum atomic E-state index is 13.9. The van der Waals surface area contributed by atoms with Gasteiger partial charge in [0, 0.05) is 0 Å². The van der Waals surface area contributed by atoms with Gasteiger partial charge in [0.15, 0.2) is 28.0 Å². The summed E-state index contributed by atoms with van der Waals surface area (Å²) in [5, 5.41) is 0. The number of esters is 1. The average molecular weight is 401 g/mol. The van der Waals surface area contributed by atoms with Crippen molar-refractivity contribution >= 4 is 21.7 Å². The zero-order valence-electron chi connectivity index (χ0n) is 14.1. The van der Waals surface area contributed by atoms with Crippen LogP contribution in [0, 0.1) is 23.3 Å². The number of nitrogens with one attached hydrogen (secondary N) is 1. The Balaban J connectivity index is 2.44. The minimum atomic E-state index is -4.80. The molecule has 11 heteroatoms. The number of rotatable bonds is 5. The Morgan fingerprint density at radius 2 is 1.54 bits per heavy atom. The maximum Gasteiger partial charge on any atom is 0.329 e. The summed E-state index contributed by atoms with van der Waals surface area (Å²) in [6, 6.07) is 0. The molecule has 26 heavy (non-hydrogen) atoms. The van der Waals surface area contributed by atoms with Crippen LogP contribution in [0.5, 0.6) is 0 Å². The van der Waals surface area contributed by atoms with E-state index >= 15 is 0 Å². The number of carbonyl (C=O) groups is 1. The lowest BCUT2D eigenvalue weighted by Crippen LogP contribution is -2.42. The summed E-state index contributed by atoms with van der Waals surface area (Å²) in [4.78, 5) is 12.2. The van der Waals surface area contributed by atoms with E-state index in [1.54, 1.807) is 0 Å². The molecule has 1 aliphatic carbocycles. The minimum absolute atomic E-state index is 0.200. The van der Waals surface area contributed by atoms with Crippen molar-refractivity contribution < 1.29 is 39.9 Å². The molecule has 1 aromatic rings. The van der Waals surface area contributed by atoms with E-state index in [0.29, 0.717) is 0 Å². The van der Waals surface area contributed by atoms with Gasteiger partial charge in [-0.3, -0.25) is 9.52 Å². The normalized spacial score (nSPS) is 16.3. The summed E-state index contributed by atoms with van der Waals surface area (Å²) in [7, 11) is -4.80. The first-order chi connectivity index (χ1) is 11.8. The van der Waals surface area contributed by atoms with Gasteiger partial charge < -0.3 is 4.74 Å². The molecule has 2 rings (SSSR count). The topological polar surface area (TPSA) is 72.5 Å². The van der Waals surface area contributed by atoms with Crippen molar-refractivity contribution in [3.63, 3.8) is 0 Å². The van der Waals surface area contributed by atoms with Crippen molar-refractivity contribution in [3.8, 4) is 0 Å². The molecule has 1 saturated carbocycles. The molecule has 0 heterocycles. The molecular weight excluding hydrogens is 385 g/mol.